The summed E-state index contributed by atoms with van der Waals surface area (Å²) in [6, 6.07) is 0. The van der Waals surface area contributed by atoms with E-state index in [0.29, 0.717) is 0 Å². The second-order valence-corrected chi connectivity index (χ2v) is 6.76. The van der Waals surface area contributed by atoms with Gasteiger partial charge in [0.1, 0.15) is 0 Å². The van der Waals surface area contributed by atoms with E-state index in [2.05, 4.69) is 9.47 Å². The molecule has 0 fully saturated rings. The standard InChI is InChI=1S/C16H16F12N2O2/c1-5-31-9-7(3)11(13(17,18)19,14(20,21)22)30-10(32-6-2)8(4)12(29(9)30,15(23,24)25)16(26,27)28/h5-6H2,1-4H3. The predicted molar refractivity (Wildman–Crippen MR) is 82.0 cm³/mol. The molecule has 2 aliphatic rings. The highest BCUT2D eigenvalue weighted by molar-refractivity contribution is 5.46. The van der Waals surface area contributed by atoms with Crippen LogP contribution >= 0.6 is 0 Å². The van der Waals surface area contributed by atoms with E-state index in [9.17, 15) is 52.7 Å². The largest absolute Gasteiger partial charge is 0.478 e. The Kier molecular flexibility index (Phi) is 5.85. The van der Waals surface area contributed by atoms with E-state index in [4.69, 9.17) is 0 Å². The van der Waals surface area contributed by atoms with E-state index in [1.807, 2.05) is 0 Å². The van der Waals surface area contributed by atoms with E-state index in [1.165, 1.54) is 0 Å². The highest BCUT2D eigenvalue weighted by atomic mass is 19.4. The van der Waals surface area contributed by atoms with E-state index in [0.717, 1.165) is 13.8 Å². The molecule has 0 N–H and O–H groups in total. The number of hydrogen-bond donors (Lipinski definition) is 0. The third-order valence-corrected chi connectivity index (χ3v) is 5.15. The lowest BCUT2D eigenvalue weighted by Crippen LogP contribution is -2.72. The maximum absolute atomic E-state index is 14.1. The van der Waals surface area contributed by atoms with Crippen LogP contribution in [0.25, 0.3) is 0 Å². The Hall–Kier alpha value is -2.16. The molecule has 0 unspecified atom stereocenters. The fourth-order valence-corrected chi connectivity index (χ4v) is 4.00. The lowest BCUT2D eigenvalue weighted by molar-refractivity contribution is -0.380. The minimum Gasteiger partial charge on any atom is -0.478 e. The first-order valence-electron chi connectivity index (χ1n) is 8.76. The Labute approximate surface area is 173 Å². The van der Waals surface area contributed by atoms with Crippen molar-refractivity contribution in [2.75, 3.05) is 13.2 Å². The quantitative estimate of drug-likeness (QED) is 0.460. The average Bonchev–Trinajstić information content (AvgIpc) is 2.95. The van der Waals surface area contributed by atoms with Gasteiger partial charge in [-0.2, -0.15) is 52.7 Å². The number of ether oxygens (including phenoxy) is 2. The van der Waals surface area contributed by atoms with Gasteiger partial charge >= 0.3 is 24.7 Å². The molecule has 0 aromatic heterocycles. The highest BCUT2D eigenvalue weighted by Gasteiger charge is 2.89. The first-order chi connectivity index (χ1) is 14.2. The Morgan fingerprint density at radius 2 is 0.781 bits per heavy atom. The van der Waals surface area contributed by atoms with Crippen LogP contribution in [-0.2, 0) is 9.47 Å². The molecule has 0 spiro atoms. The first kappa shape index (κ1) is 26.1. The lowest BCUT2D eigenvalue weighted by atomic mass is 9.87. The van der Waals surface area contributed by atoms with Crippen molar-refractivity contribution in [3.63, 3.8) is 0 Å². The molecule has 2 rings (SSSR count). The molecule has 0 aromatic rings. The third-order valence-electron chi connectivity index (χ3n) is 5.15. The van der Waals surface area contributed by atoms with Crippen molar-refractivity contribution in [3.8, 4) is 0 Å². The Morgan fingerprint density at radius 1 is 0.562 bits per heavy atom. The number of rotatable bonds is 4. The van der Waals surface area contributed by atoms with Gasteiger partial charge < -0.3 is 9.47 Å². The maximum atomic E-state index is 14.1. The number of alkyl halides is 12. The van der Waals surface area contributed by atoms with Gasteiger partial charge in [0, 0.05) is 11.1 Å². The van der Waals surface area contributed by atoms with Gasteiger partial charge in [0.05, 0.1) is 13.2 Å². The van der Waals surface area contributed by atoms with Crippen molar-refractivity contribution < 1.29 is 62.2 Å². The van der Waals surface area contributed by atoms with Crippen molar-refractivity contribution in [1.29, 1.82) is 0 Å². The molecule has 32 heavy (non-hydrogen) atoms. The lowest BCUT2D eigenvalue weighted by Gasteiger charge is -2.47. The van der Waals surface area contributed by atoms with Crippen LogP contribution in [0.15, 0.2) is 22.9 Å². The second-order valence-electron chi connectivity index (χ2n) is 6.76. The van der Waals surface area contributed by atoms with Gasteiger partial charge in [-0.15, -0.1) is 0 Å². The van der Waals surface area contributed by atoms with Gasteiger partial charge in [0.15, 0.2) is 0 Å². The van der Waals surface area contributed by atoms with Crippen LogP contribution in [0.4, 0.5) is 52.7 Å². The smallest absolute Gasteiger partial charge is 0.426 e. The van der Waals surface area contributed by atoms with Crippen molar-refractivity contribution in [2.45, 2.75) is 63.5 Å². The molecule has 0 amide bonds. The van der Waals surface area contributed by atoms with Gasteiger partial charge in [-0.25, -0.2) is 10.0 Å². The molecular weight excluding hydrogens is 480 g/mol. The summed E-state index contributed by atoms with van der Waals surface area (Å²) >= 11 is 0. The third kappa shape index (κ3) is 2.85. The van der Waals surface area contributed by atoms with Crippen LogP contribution in [0, 0.1) is 0 Å². The average molecular weight is 496 g/mol. The molecule has 0 radical (unpaired) electrons. The number of nitrogens with zero attached hydrogens (tertiary/aromatic N) is 2. The number of halogens is 12. The number of hydrazine groups is 1. The van der Waals surface area contributed by atoms with Crippen LogP contribution in [0.5, 0.6) is 0 Å². The van der Waals surface area contributed by atoms with Crippen LogP contribution < -0.4 is 0 Å². The summed E-state index contributed by atoms with van der Waals surface area (Å²) in [5.74, 6) is -3.77. The summed E-state index contributed by atoms with van der Waals surface area (Å²) in [7, 11) is 0. The van der Waals surface area contributed by atoms with E-state index in [-0.39, 0.29) is 13.8 Å². The van der Waals surface area contributed by atoms with E-state index >= 15 is 0 Å². The zero-order valence-corrected chi connectivity index (χ0v) is 16.7. The summed E-state index contributed by atoms with van der Waals surface area (Å²) < 4.78 is 178. The molecule has 0 bridgehead atoms. The summed E-state index contributed by atoms with van der Waals surface area (Å²) in [5, 5.41) is -2.35. The monoisotopic (exact) mass is 496 g/mol. The molecule has 0 aliphatic carbocycles. The Morgan fingerprint density at radius 3 is 0.938 bits per heavy atom. The van der Waals surface area contributed by atoms with Crippen molar-refractivity contribution in [3.05, 3.63) is 22.9 Å². The van der Waals surface area contributed by atoms with Gasteiger partial charge in [-0.3, -0.25) is 0 Å². The topological polar surface area (TPSA) is 24.9 Å². The molecule has 16 heteroatoms. The Balaban J connectivity index is 3.19. The highest BCUT2D eigenvalue weighted by Crippen LogP contribution is 2.67. The summed E-state index contributed by atoms with van der Waals surface area (Å²) in [4.78, 5) is 0. The van der Waals surface area contributed by atoms with Gasteiger partial charge in [-0.05, 0) is 27.7 Å². The molecule has 186 valence electrons. The van der Waals surface area contributed by atoms with Crippen molar-refractivity contribution in [1.82, 2.24) is 10.0 Å². The first-order valence-corrected chi connectivity index (χ1v) is 8.76. The molecular formula is C16H16F12N2O2. The normalized spacial score (nSPS) is 21.5. The molecule has 0 aromatic carbocycles. The van der Waals surface area contributed by atoms with Gasteiger partial charge in [-0.1, -0.05) is 0 Å². The molecule has 2 aliphatic heterocycles. The molecule has 0 saturated carbocycles. The van der Waals surface area contributed by atoms with Crippen molar-refractivity contribution >= 4 is 0 Å². The van der Waals surface area contributed by atoms with Crippen molar-refractivity contribution in [2.24, 2.45) is 0 Å². The Bertz CT molecular complexity index is 723. The summed E-state index contributed by atoms with van der Waals surface area (Å²) in [6.45, 7) is 0.486. The van der Waals surface area contributed by atoms with Crippen LogP contribution in [-0.4, -0.2) is 59.0 Å². The second kappa shape index (κ2) is 7.17. The molecule has 2 heterocycles. The van der Waals surface area contributed by atoms with Crippen LogP contribution in [0.3, 0.4) is 0 Å². The summed E-state index contributed by atoms with van der Waals surface area (Å²) in [6.07, 6.45) is -25.8. The predicted octanol–water partition coefficient (Wildman–Crippen LogP) is 5.80. The van der Waals surface area contributed by atoms with Crippen LogP contribution in [0.1, 0.15) is 27.7 Å². The molecule has 0 saturated heterocycles. The maximum Gasteiger partial charge on any atom is 0.426 e. The van der Waals surface area contributed by atoms with Crippen LogP contribution in [0.2, 0.25) is 0 Å². The van der Waals surface area contributed by atoms with Gasteiger partial charge in [0.2, 0.25) is 11.8 Å². The molecule has 4 nitrogen and oxygen atoms in total. The molecule has 0 atom stereocenters. The van der Waals surface area contributed by atoms with E-state index in [1.54, 1.807) is 0 Å². The zero-order chi connectivity index (χ0) is 25.3. The minimum absolute atomic E-state index is 0.112. The fraction of sp³-hybridized carbons (Fsp3) is 0.750. The number of hydrogen-bond acceptors (Lipinski definition) is 4. The minimum atomic E-state index is -6.44. The van der Waals surface area contributed by atoms with E-state index < -0.39 is 81.9 Å². The fourth-order valence-electron chi connectivity index (χ4n) is 4.00. The SMILES string of the molecule is CCOC1=C(C)C(C(F)(F)F)(C(F)(F)F)N2C(OCC)=C(C)C(C(F)(F)F)(C(F)(F)F)N12. The number of fused-ring (bicyclic) bond motifs is 1. The summed E-state index contributed by atoms with van der Waals surface area (Å²) in [5.41, 5.74) is -14.6. The zero-order valence-electron chi connectivity index (χ0n) is 16.7. The van der Waals surface area contributed by atoms with Gasteiger partial charge in [0.25, 0.3) is 11.1 Å².